The molecule has 0 spiro atoms. The van der Waals surface area contributed by atoms with E-state index in [0.717, 1.165) is 28.2 Å². The summed E-state index contributed by atoms with van der Waals surface area (Å²) < 4.78 is 25.8. The van der Waals surface area contributed by atoms with Crippen molar-refractivity contribution >= 4 is 32.4 Å². The van der Waals surface area contributed by atoms with Crippen molar-refractivity contribution in [1.82, 2.24) is 5.32 Å². The number of hydrogen-bond acceptors (Lipinski definition) is 3. The van der Waals surface area contributed by atoms with Crippen LogP contribution in [0.1, 0.15) is 18.1 Å². The zero-order valence-electron chi connectivity index (χ0n) is 16.1. The first kappa shape index (κ1) is 19.9. The highest BCUT2D eigenvalue weighted by Crippen LogP contribution is 2.23. The highest BCUT2D eigenvalue weighted by molar-refractivity contribution is 7.92. The number of nitrogens with zero attached hydrogens (tertiary/aromatic N) is 1. The van der Waals surface area contributed by atoms with E-state index in [-0.39, 0.29) is 12.5 Å². The van der Waals surface area contributed by atoms with Crippen molar-refractivity contribution in [2.75, 3.05) is 17.1 Å². The molecule has 0 radical (unpaired) electrons. The Kier molecular flexibility index (Phi) is 5.99. The van der Waals surface area contributed by atoms with Gasteiger partial charge in [0.2, 0.25) is 15.9 Å². The van der Waals surface area contributed by atoms with E-state index in [1.165, 1.54) is 4.31 Å². The van der Waals surface area contributed by atoms with Crippen molar-refractivity contribution in [2.24, 2.45) is 0 Å². The second-order valence-electron chi connectivity index (χ2n) is 6.67. The molecule has 0 aliphatic rings. The molecule has 5 nitrogen and oxygen atoms in total. The number of sulfonamides is 1. The molecule has 1 amide bonds. The van der Waals surface area contributed by atoms with Crippen molar-refractivity contribution in [3.8, 4) is 0 Å². The third-order valence-corrected chi connectivity index (χ3v) is 5.81. The van der Waals surface area contributed by atoms with Gasteiger partial charge in [-0.3, -0.25) is 9.10 Å². The van der Waals surface area contributed by atoms with Crippen LogP contribution in [-0.4, -0.2) is 27.1 Å². The molecule has 0 aliphatic carbocycles. The number of amides is 1. The van der Waals surface area contributed by atoms with E-state index < -0.39 is 10.0 Å². The predicted molar refractivity (Wildman–Crippen MR) is 114 cm³/mol. The van der Waals surface area contributed by atoms with E-state index in [0.29, 0.717) is 18.7 Å². The van der Waals surface area contributed by atoms with Gasteiger partial charge in [0, 0.05) is 6.54 Å². The number of para-hydroxylation sites is 1. The van der Waals surface area contributed by atoms with Crippen LogP contribution >= 0.6 is 0 Å². The Morgan fingerprint density at radius 3 is 2.32 bits per heavy atom. The molecule has 0 aromatic heterocycles. The molecule has 28 heavy (non-hydrogen) atoms. The lowest BCUT2D eigenvalue weighted by molar-refractivity contribution is -0.119. The van der Waals surface area contributed by atoms with E-state index in [2.05, 4.69) is 5.32 Å². The minimum absolute atomic E-state index is 0.249. The largest absolute Gasteiger partial charge is 0.350 e. The van der Waals surface area contributed by atoms with E-state index in [1.54, 1.807) is 12.1 Å². The first-order valence-corrected chi connectivity index (χ1v) is 11.0. The maximum atomic E-state index is 12.6. The van der Waals surface area contributed by atoms with E-state index in [9.17, 15) is 13.2 Å². The van der Waals surface area contributed by atoms with Gasteiger partial charge in [-0.05, 0) is 34.4 Å². The average molecular weight is 397 g/mol. The fraction of sp³-hybridized carbons (Fsp3) is 0.227. The van der Waals surface area contributed by atoms with Crippen LogP contribution in [0.2, 0.25) is 0 Å². The van der Waals surface area contributed by atoms with Crippen molar-refractivity contribution < 1.29 is 13.2 Å². The molecular weight excluding hydrogens is 372 g/mol. The summed E-state index contributed by atoms with van der Waals surface area (Å²) in [5, 5.41) is 5.03. The predicted octanol–water partition coefficient (Wildman–Crippen LogP) is 3.48. The number of hydrogen-bond donors (Lipinski definition) is 1. The molecule has 146 valence electrons. The number of aryl methyl sites for hydroxylation is 1. The van der Waals surface area contributed by atoms with Crippen LogP contribution < -0.4 is 9.62 Å². The zero-order valence-corrected chi connectivity index (χ0v) is 16.9. The van der Waals surface area contributed by atoms with Crippen LogP contribution in [0.25, 0.3) is 10.8 Å². The van der Waals surface area contributed by atoms with Crippen molar-refractivity contribution in [1.29, 1.82) is 0 Å². The molecule has 0 atom stereocenters. The van der Waals surface area contributed by atoms with E-state index in [4.69, 9.17) is 0 Å². The van der Waals surface area contributed by atoms with E-state index >= 15 is 0 Å². The number of anilines is 1. The summed E-state index contributed by atoms with van der Waals surface area (Å²) in [6, 6.07) is 21.1. The Morgan fingerprint density at radius 2 is 1.57 bits per heavy atom. The summed E-state index contributed by atoms with van der Waals surface area (Å²) >= 11 is 0. The number of rotatable bonds is 7. The lowest BCUT2D eigenvalue weighted by atomic mass is 10.0. The summed E-state index contributed by atoms with van der Waals surface area (Å²) in [5.41, 5.74) is 2.42. The molecule has 0 heterocycles. The van der Waals surface area contributed by atoms with Crippen LogP contribution in [0, 0.1) is 0 Å². The monoisotopic (exact) mass is 396 g/mol. The van der Waals surface area contributed by atoms with Gasteiger partial charge in [-0.25, -0.2) is 8.42 Å². The zero-order chi connectivity index (χ0) is 20.1. The lowest BCUT2D eigenvalue weighted by Crippen LogP contribution is -2.40. The third-order valence-electron chi connectivity index (χ3n) is 4.68. The fourth-order valence-corrected chi connectivity index (χ4v) is 4.15. The van der Waals surface area contributed by atoms with Crippen molar-refractivity contribution in [3.05, 3.63) is 77.9 Å². The summed E-state index contributed by atoms with van der Waals surface area (Å²) in [6.07, 6.45) is 1.80. The Bertz CT molecular complexity index is 1090. The molecule has 1 N–H and O–H groups in total. The molecule has 3 aromatic carbocycles. The molecule has 6 heteroatoms. The van der Waals surface area contributed by atoms with Gasteiger partial charge >= 0.3 is 0 Å². The van der Waals surface area contributed by atoms with Crippen LogP contribution in [-0.2, 0) is 27.8 Å². The average Bonchev–Trinajstić information content (AvgIpc) is 2.69. The number of carbonyl (C=O) groups excluding carboxylic acids is 1. The van der Waals surface area contributed by atoms with Gasteiger partial charge < -0.3 is 5.32 Å². The Balaban J connectivity index is 1.78. The Hall–Kier alpha value is -2.86. The quantitative estimate of drug-likeness (QED) is 0.665. The first-order valence-electron chi connectivity index (χ1n) is 9.19. The molecule has 3 rings (SSSR count). The standard InChI is InChI=1S/C22H24N2O3S/c1-3-17-9-5-7-14-21(17)24(28(2,26)27)16-22(25)23-15-19-12-8-11-18-10-4-6-13-20(18)19/h4-14H,3,15-16H2,1-2H3,(H,23,25). The Morgan fingerprint density at radius 1 is 0.929 bits per heavy atom. The first-order chi connectivity index (χ1) is 13.4. The second-order valence-corrected chi connectivity index (χ2v) is 8.57. The molecule has 0 unspecified atom stereocenters. The highest BCUT2D eigenvalue weighted by atomic mass is 32.2. The SMILES string of the molecule is CCc1ccccc1N(CC(=O)NCc1cccc2ccccc12)S(C)(=O)=O. The van der Waals surface area contributed by atoms with Crippen LogP contribution in [0.3, 0.4) is 0 Å². The minimum atomic E-state index is -3.59. The molecular formula is C22H24N2O3S. The molecule has 0 fully saturated rings. The Labute approximate surface area is 166 Å². The third kappa shape index (κ3) is 4.51. The van der Waals surface area contributed by atoms with Gasteiger partial charge in [0.15, 0.2) is 0 Å². The van der Waals surface area contributed by atoms with Gasteiger partial charge in [-0.2, -0.15) is 0 Å². The normalized spacial score (nSPS) is 11.4. The van der Waals surface area contributed by atoms with Gasteiger partial charge in [0.05, 0.1) is 11.9 Å². The van der Waals surface area contributed by atoms with Gasteiger partial charge in [0.25, 0.3) is 0 Å². The van der Waals surface area contributed by atoms with Gasteiger partial charge in [0.1, 0.15) is 6.54 Å². The van der Waals surface area contributed by atoms with Crippen LogP contribution in [0.4, 0.5) is 5.69 Å². The maximum absolute atomic E-state index is 12.6. The topological polar surface area (TPSA) is 66.5 Å². The summed E-state index contributed by atoms with van der Waals surface area (Å²) in [5.74, 6) is -0.343. The molecule has 0 saturated heterocycles. The molecule has 0 saturated carbocycles. The maximum Gasteiger partial charge on any atom is 0.241 e. The minimum Gasteiger partial charge on any atom is -0.350 e. The lowest BCUT2D eigenvalue weighted by Gasteiger charge is -2.24. The van der Waals surface area contributed by atoms with Crippen LogP contribution in [0.5, 0.6) is 0 Å². The number of nitrogens with one attached hydrogen (secondary N) is 1. The highest BCUT2D eigenvalue weighted by Gasteiger charge is 2.22. The van der Waals surface area contributed by atoms with Gasteiger partial charge in [-0.15, -0.1) is 0 Å². The molecule has 3 aromatic rings. The summed E-state index contributed by atoms with van der Waals surface area (Å²) in [6.45, 7) is 2.05. The van der Waals surface area contributed by atoms with Crippen LogP contribution in [0.15, 0.2) is 66.7 Å². The van der Waals surface area contributed by atoms with Crippen molar-refractivity contribution in [3.63, 3.8) is 0 Å². The smallest absolute Gasteiger partial charge is 0.241 e. The van der Waals surface area contributed by atoms with Gasteiger partial charge in [-0.1, -0.05) is 67.6 Å². The number of benzene rings is 3. The number of fused-ring (bicyclic) bond motifs is 1. The molecule has 0 bridgehead atoms. The summed E-state index contributed by atoms with van der Waals surface area (Å²) in [4.78, 5) is 12.6. The number of carbonyl (C=O) groups is 1. The second kappa shape index (κ2) is 8.44. The summed E-state index contributed by atoms with van der Waals surface area (Å²) in [7, 11) is -3.59. The van der Waals surface area contributed by atoms with E-state index in [1.807, 2.05) is 61.5 Å². The molecule has 0 aliphatic heterocycles. The fourth-order valence-electron chi connectivity index (χ4n) is 3.26. The van der Waals surface area contributed by atoms with Crippen molar-refractivity contribution in [2.45, 2.75) is 19.9 Å².